The minimum absolute atomic E-state index is 0.0753. The highest BCUT2D eigenvalue weighted by molar-refractivity contribution is 7.99. The van der Waals surface area contributed by atoms with E-state index in [1.807, 2.05) is 30.3 Å². The van der Waals surface area contributed by atoms with Gasteiger partial charge in [-0.25, -0.2) is 9.97 Å². The second-order valence-electron chi connectivity index (χ2n) is 5.32. The number of alkyl halides is 3. The van der Waals surface area contributed by atoms with Crippen LogP contribution in [0.5, 0.6) is 0 Å². The third kappa shape index (κ3) is 6.74. The van der Waals surface area contributed by atoms with Gasteiger partial charge in [0.1, 0.15) is 11.5 Å². The number of carbonyl (C=O) groups excluding carboxylic acids is 1. The number of aryl methyl sites for hydroxylation is 1. The first-order valence-corrected chi connectivity index (χ1v) is 8.69. The molecule has 0 aliphatic heterocycles. The summed E-state index contributed by atoms with van der Waals surface area (Å²) in [6.07, 6.45) is -4.01. The Morgan fingerprint density at radius 3 is 2.60 bits per heavy atom. The van der Waals surface area contributed by atoms with Gasteiger partial charge in [-0.05, 0) is 25.1 Å². The Bertz CT molecular complexity index is 708. The van der Waals surface area contributed by atoms with Gasteiger partial charge in [0.05, 0.1) is 0 Å². The highest BCUT2D eigenvalue weighted by Gasteiger charge is 2.33. The maximum atomic E-state index is 12.7. The number of carbonyl (C=O) groups is 1. The number of amides is 1. The Labute approximate surface area is 148 Å². The molecule has 8 heteroatoms. The highest BCUT2D eigenvalue weighted by atomic mass is 32.2. The van der Waals surface area contributed by atoms with Crippen molar-refractivity contribution in [2.75, 3.05) is 12.3 Å². The monoisotopic (exact) mass is 369 g/mol. The molecule has 0 atom stereocenters. The fourth-order valence-corrected chi connectivity index (χ4v) is 2.94. The summed E-state index contributed by atoms with van der Waals surface area (Å²) in [7, 11) is 0. The van der Waals surface area contributed by atoms with Crippen LogP contribution in [0.15, 0.2) is 41.3 Å². The summed E-state index contributed by atoms with van der Waals surface area (Å²) in [4.78, 5) is 20.3. The summed E-state index contributed by atoms with van der Waals surface area (Å²) in [6, 6.07) is 10.6. The number of thioether (sulfide) groups is 1. The van der Waals surface area contributed by atoms with E-state index >= 15 is 0 Å². The maximum absolute atomic E-state index is 12.7. The van der Waals surface area contributed by atoms with Gasteiger partial charge in [0.15, 0.2) is 0 Å². The van der Waals surface area contributed by atoms with Crippen molar-refractivity contribution >= 4 is 17.7 Å². The van der Waals surface area contributed by atoms with Gasteiger partial charge >= 0.3 is 6.18 Å². The van der Waals surface area contributed by atoms with Gasteiger partial charge < -0.3 is 5.32 Å². The number of halogens is 3. The average Bonchev–Trinajstić information content (AvgIpc) is 2.54. The second-order valence-corrected chi connectivity index (χ2v) is 6.49. The Hall–Kier alpha value is -2.09. The molecule has 0 saturated heterocycles. The van der Waals surface area contributed by atoms with Gasteiger partial charge in [-0.3, -0.25) is 4.79 Å². The molecule has 0 saturated carbocycles. The van der Waals surface area contributed by atoms with Gasteiger partial charge in [-0.2, -0.15) is 13.2 Å². The summed E-state index contributed by atoms with van der Waals surface area (Å²) in [6.45, 7) is 1.69. The SMILES string of the molecule is Cc1cc(C(F)(F)F)nc(CCNC(=O)CCSc2ccccc2)n1. The van der Waals surface area contributed by atoms with Gasteiger partial charge in [-0.15, -0.1) is 11.8 Å². The molecule has 0 aliphatic carbocycles. The summed E-state index contributed by atoms with van der Waals surface area (Å²) in [5.74, 6) is 0.563. The van der Waals surface area contributed by atoms with Crippen molar-refractivity contribution in [1.82, 2.24) is 15.3 Å². The second kappa shape index (κ2) is 8.84. The topological polar surface area (TPSA) is 54.9 Å². The number of rotatable bonds is 7. The third-order valence-corrected chi connectivity index (χ3v) is 4.22. The quantitative estimate of drug-likeness (QED) is 0.757. The standard InChI is InChI=1S/C17H18F3N3OS/c1-12-11-14(17(18,19)20)23-15(22-12)7-9-21-16(24)8-10-25-13-5-3-2-4-6-13/h2-6,11H,7-10H2,1H3,(H,21,24). The predicted molar refractivity (Wildman–Crippen MR) is 90.3 cm³/mol. The lowest BCUT2D eigenvalue weighted by molar-refractivity contribution is -0.141. The van der Waals surface area contributed by atoms with Crippen LogP contribution in [0, 0.1) is 6.92 Å². The van der Waals surface area contributed by atoms with Gasteiger partial charge in [0.25, 0.3) is 0 Å². The molecule has 4 nitrogen and oxygen atoms in total. The Morgan fingerprint density at radius 1 is 1.20 bits per heavy atom. The van der Waals surface area contributed by atoms with Crippen LogP contribution in [-0.4, -0.2) is 28.2 Å². The molecule has 0 aliphatic rings. The molecule has 1 N–H and O–H groups in total. The van der Waals surface area contributed by atoms with Crippen LogP contribution in [-0.2, 0) is 17.4 Å². The van der Waals surface area contributed by atoms with Crippen molar-refractivity contribution in [3.63, 3.8) is 0 Å². The van der Waals surface area contributed by atoms with Crippen LogP contribution in [0.4, 0.5) is 13.2 Å². The molecule has 25 heavy (non-hydrogen) atoms. The van der Waals surface area contributed by atoms with Crippen molar-refractivity contribution in [2.45, 2.75) is 30.8 Å². The van der Waals surface area contributed by atoms with Crippen molar-refractivity contribution in [3.05, 3.63) is 53.6 Å². The van der Waals surface area contributed by atoms with E-state index in [1.165, 1.54) is 6.92 Å². The lowest BCUT2D eigenvalue weighted by atomic mass is 10.3. The molecule has 0 spiro atoms. The molecule has 0 unspecified atom stereocenters. The molecule has 0 bridgehead atoms. The molecule has 2 rings (SSSR count). The molecular formula is C17H18F3N3OS. The Balaban J connectivity index is 1.75. The third-order valence-electron chi connectivity index (χ3n) is 3.20. The van der Waals surface area contributed by atoms with Crippen LogP contribution >= 0.6 is 11.8 Å². The predicted octanol–water partition coefficient (Wildman–Crippen LogP) is 3.64. The lowest BCUT2D eigenvalue weighted by Gasteiger charge is -2.09. The Kier molecular flexibility index (Phi) is 6.81. The van der Waals surface area contributed by atoms with Crippen LogP contribution in [0.3, 0.4) is 0 Å². The van der Waals surface area contributed by atoms with Crippen LogP contribution in [0.2, 0.25) is 0 Å². The number of nitrogens with zero attached hydrogens (tertiary/aromatic N) is 2. The number of aromatic nitrogens is 2. The lowest BCUT2D eigenvalue weighted by Crippen LogP contribution is -2.26. The average molecular weight is 369 g/mol. The zero-order valence-corrected chi connectivity index (χ0v) is 14.5. The van der Waals surface area contributed by atoms with Crippen LogP contribution < -0.4 is 5.32 Å². The van der Waals surface area contributed by atoms with Gasteiger partial charge in [0.2, 0.25) is 5.91 Å². The highest BCUT2D eigenvalue weighted by Crippen LogP contribution is 2.27. The summed E-state index contributed by atoms with van der Waals surface area (Å²) in [5.41, 5.74) is -0.705. The van der Waals surface area contributed by atoms with Crippen molar-refractivity contribution in [2.24, 2.45) is 0 Å². The maximum Gasteiger partial charge on any atom is 0.433 e. The zero-order chi connectivity index (χ0) is 18.3. The van der Waals surface area contributed by atoms with E-state index in [-0.39, 0.29) is 30.4 Å². The minimum atomic E-state index is -4.50. The molecule has 1 amide bonds. The van der Waals surface area contributed by atoms with E-state index in [1.54, 1.807) is 11.8 Å². The van der Waals surface area contributed by atoms with Crippen LogP contribution in [0.1, 0.15) is 23.6 Å². The summed E-state index contributed by atoms with van der Waals surface area (Å²) in [5, 5.41) is 2.68. The smallest absolute Gasteiger partial charge is 0.356 e. The van der Waals surface area contributed by atoms with Gasteiger partial charge in [0, 0.05) is 35.7 Å². The van der Waals surface area contributed by atoms with Gasteiger partial charge in [-0.1, -0.05) is 18.2 Å². The fourth-order valence-electron chi connectivity index (χ4n) is 2.07. The molecular weight excluding hydrogens is 351 g/mol. The number of hydrogen-bond donors (Lipinski definition) is 1. The molecule has 1 aromatic carbocycles. The van der Waals surface area contributed by atoms with E-state index in [0.29, 0.717) is 12.2 Å². The molecule has 0 fully saturated rings. The normalized spacial score (nSPS) is 11.4. The summed E-state index contributed by atoms with van der Waals surface area (Å²) < 4.78 is 38.1. The van der Waals surface area contributed by atoms with Crippen molar-refractivity contribution in [1.29, 1.82) is 0 Å². The van der Waals surface area contributed by atoms with E-state index in [4.69, 9.17) is 0 Å². The molecule has 134 valence electrons. The molecule has 2 aromatic rings. The zero-order valence-electron chi connectivity index (χ0n) is 13.6. The van der Waals surface area contributed by atoms with E-state index in [9.17, 15) is 18.0 Å². The number of hydrogen-bond acceptors (Lipinski definition) is 4. The van der Waals surface area contributed by atoms with Crippen molar-refractivity contribution in [3.8, 4) is 0 Å². The van der Waals surface area contributed by atoms with Crippen LogP contribution in [0.25, 0.3) is 0 Å². The minimum Gasteiger partial charge on any atom is -0.356 e. The largest absolute Gasteiger partial charge is 0.433 e. The molecule has 1 aromatic heterocycles. The van der Waals surface area contributed by atoms with E-state index in [0.717, 1.165) is 11.0 Å². The number of nitrogens with one attached hydrogen (secondary N) is 1. The Morgan fingerprint density at radius 2 is 1.92 bits per heavy atom. The first-order valence-electron chi connectivity index (χ1n) is 7.71. The molecule has 0 radical (unpaired) electrons. The number of benzene rings is 1. The molecule has 1 heterocycles. The first-order chi connectivity index (χ1) is 11.8. The van der Waals surface area contributed by atoms with E-state index < -0.39 is 11.9 Å². The van der Waals surface area contributed by atoms with Crippen molar-refractivity contribution < 1.29 is 18.0 Å². The summed E-state index contributed by atoms with van der Waals surface area (Å²) >= 11 is 1.57. The van der Waals surface area contributed by atoms with E-state index in [2.05, 4.69) is 15.3 Å². The fraction of sp³-hybridized carbons (Fsp3) is 0.353. The first kappa shape index (κ1) is 19.2.